The highest BCUT2D eigenvalue weighted by atomic mass is 19.4. The molecule has 1 atom stereocenters. The zero-order chi connectivity index (χ0) is 32.7. The van der Waals surface area contributed by atoms with Gasteiger partial charge >= 0.3 is 11.9 Å². The van der Waals surface area contributed by atoms with E-state index in [2.05, 4.69) is 36.8 Å². The minimum Gasteiger partial charge on any atom is -0.343 e. The molecule has 2 aromatic carbocycles. The first kappa shape index (κ1) is 33.5. The fourth-order valence-electron chi connectivity index (χ4n) is 5.10. The van der Waals surface area contributed by atoms with Crippen molar-refractivity contribution in [3.05, 3.63) is 93.2 Å². The molecule has 0 amide bonds. The van der Waals surface area contributed by atoms with Crippen LogP contribution >= 0.6 is 0 Å². The number of alkyl halides is 3. The monoisotopic (exact) mass is 609 g/mol. The van der Waals surface area contributed by atoms with Gasteiger partial charge in [0.05, 0.1) is 11.3 Å². The van der Waals surface area contributed by atoms with Gasteiger partial charge in [-0.15, -0.1) is 0 Å². The molecule has 0 radical (unpaired) electrons. The van der Waals surface area contributed by atoms with Gasteiger partial charge in [0, 0.05) is 28.7 Å². The van der Waals surface area contributed by atoms with Gasteiger partial charge in [-0.25, -0.2) is 4.79 Å². The number of aromatic nitrogens is 3. The maximum atomic E-state index is 13.1. The summed E-state index contributed by atoms with van der Waals surface area (Å²) in [5.41, 5.74) is 15.7. The lowest BCUT2D eigenvalue weighted by molar-refractivity contribution is -0.137. The Hall–Kier alpha value is -3.43. The van der Waals surface area contributed by atoms with Gasteiger partial charge in [0.15, 0.2) is 0 Å². The summed E-state index contributed by atoms with van der Waals surface area (Å²) in [6, 6.07) is 14.2. The van der Waals surface area contributed by atoms with Crippen molar-refractivity contribution in [2.24, 2.45) is 16.9 Å². The maximum absolute atomic E-state index is 13.1. The number of rotatable bonds is 6. The number of benzene rings is 2. The summed E-state index contributed by atoms with van der Waals surface area (Å²) in [4.78, 5) is 19.7. The topological polar surface area (TPSA) is 103 Å². The molecule has 1 aliphatic carbocycles. The second-order valence-corrected chi connectivity index (χ2v) is 14.4. The highest BCUT2D eigenvalue weighted by Gasteiger charge is 2.40. The Balaban J connectivity index is 0.000000202. The first-order chi connectivity index (χ1) is 20.3. The van der Waals surface area contributed by atoms with Crippen LogP contribution in [0.2, 0.25) is 0 Å². The molecule has 0 saturated heterocycles. The average Bonchev–Trinajstić information content (AvgIpc) is 3.60. The maximum Gasteiger partial charge on any atom is 0.416 e. The van der Waals surface area contributed by atoms with Crippen LogP contribution in [0.3, 0.4) is 0 Å². The van der Waals surface area contributed by atoms with Crippen molar-refractivity contribution in [3.63, 3.8) is 0 Å². The minimum atomic E-state index is -4.29. The van der Waals surface area contributed by atoms with Crippen LogP contribution in [-0.2, 0) is 23.4 Å². The van der Waals surface area contributed by atoms with E-state index >= 15 is 0 Å². The number of nitrogens with zero attached hydrogens (tertiary/aromatic N) is 2. The molecule has 1 fully saturated rings. The molecule has 238 valence electrons. The lowest BCUT2D eigenvalue weighted by atomic mass is 9.84. The second kappa shape index (κ2) is 12.2. The molecule has 4 aromatic rings. The average molecular weight is 610 g/mol. The van der Waals surface area contributed by atoms with Gasteiger partial charge in [-0.3, -0.25) is 4.57 Å². The van der Waals surface area contributed by atoms with Gasteiger partial charge < -0.3 is 16.5 Å². The van der Waals surface area contributed by atoms with E-state index in [1.54, 1.807) is 4.57 Å². The summed E-state index contributed by atoms with van der Waals surface area (Å²) < 4.78 is 40.8. The quantitative estimate of drug-likeness (QED) is 0.208. The molecule has 1 aliphatic rings. The Bertz CT molecular complexity index is 1620. The predicted octanol–water partition coefficient (Wildman–Crippen LogP) is 7.71. The van der Waals surface area contributed by atoms with Crippen LogP contribution in [0.25, 0.3) is 16.7 Å². The number of fused-ring (bicyclic) bond motifs is 1. The summed E-state index contributed by atoms with van der Waals surface area (Å²) >= 11 is 0. The van der Waals surface area contributed by atoms with Gasteiger partial charge in [0.1, 0.15) is 5.65 Å². The highest BCUT2D eigenvalue weighted by Crippen LogP contribution is 2.48. The van der Waals surface area contributed by atoms with E-state index in [0.717, 1.165) is 52.7 Å². The lowest BCUT2D eigenvalue weighted by Gasteiger charge is -2.22. The second-order valence-electron chi connectivity index (χ2n) is 14.4. The van der Waals surface area contributed by atoms with Crippen molar-refractivity contribution in [1.82, 2.24) is 14.5 Å². The molecule has 0 spiro atoms. The normalized spacial score (nSPS) is 15.5. The number of H-pyrrole nitrogens is 1. The predicted molar refractivity (Wildman–Crippen MR) is 172 cm³/mol. The van der Waals surface area contributed by atoms with Crippen molar-refractivity contribution in [3.8, 4) is 5.69 Å². The first-order valence-electron chi connectivity index (χ1n) is 15.2. The highest BCUT2D eigenvalue weighted by molar-refractivity contribution is 5.76. The SMILES string of the molecule is CC(C)(C)c1cc(CCC2(CN)CC2)cc(C(F)(F)F)c1.C[C@H](N)c1ccc(-n2cc3cc(C(C)(C)C)[nH]c3nc2=O)cc1. The molecule has 0 unspecified atom stereocenters. The third kappa shape index (κ3) is 7.99. The van der Waals surface area contributed by atoms with Crippen molar-refractivity contribution < 1.29 is 13.2 Å². The number of aromatic amines is 1. The number of aryl methyl sites for hydroxylation is 1. The number of nitrogens with two attached hydrogens (primary N) is 2. The Morgan fingerprint density at radius 3 is 2.07 bits per heavy atom. The van der Waals surface area contributed by atoms with Crippen LogP contribution in [0.5, 0.6) is 0 Å². The molecule has 44 heavy (non-hydrogen) atoms. The zero-order valence-corrected chi connectivity index (χ0v) is 26.9. The standard InChI is InChI=1S/C18H22N4O.C17H24F3N/c1-11(19)12-5-7-14(8-6-12)22-10-13-9-15(18(2,3)4)20-16(13)21-17(22)23;1-15(2,3)13-8-12(4-5-16(11-21)6-7-16)9-14(10-13)17(18,19)20/h5-11H,19H2,1-4H3,(H,20,21,23);8-10H,4-7,11,21H2,1-3H3/t11-;/m0./s1. The Kier molecular flexibility index (Phi) is 9.25. The Labute approximate surface area is 258 Å². The van der Waals surface area contributed by atoms with Crippen LogP contribution in [0.1, 0.15) is 102 Å². The third-order valence-corrected chi connectivity index (χ3v) is 8.53. The van der Waals surface area contributed by atoms with Crippen LogP contribution in [0.15, 0.2) is 59.5 Å². The summed E-state index contributed by atoms with van der Waals surface area (Å²) in [6.07, 6.45) is 1.31. The van der Waals surface area contributed by atoms with Gasteiger partial charge in [0.2, 0.25) is 0 Å². The number of hydrogen-bond acceptors (Lipinski definition) is 4. The van der Waals surface area contributed by atoms with E-state index in [4.69, 9.17) is 11.5 Å². The van der Waals surface area contributed by atoms with Gasteiger partial charge in [-0.2, -0.15) is 18.2 Å². The zero-order valence-electron chi connectivity index (χ0n) is 26.9. The van der Waals surface area contributed by atoms with E-state index < -0.39 is 11.7 Å². The van der Waals surface area contributed by atoms with Crippen LogP contribution < -0.4 is 17.2 Å². The number of hydrogen-bond donors (Lipinski definition) is 3. The summed E-state index contributed by atoms with van der Waals surface area (Å²) in [5, 5.41) is 0.922. The third-order valence-electron chi connectivity index (χ3n) is 8.53. The summed E-state index contributed by atoms with van der Waals surface area (Å²) in [6.45, 7) is 14.8. The summed E-state index contributed by atoms with van der Waals surface area (Å²) in [5.74, 6) is 0. The molecule has 1 saturated carbocycles. The first-order valence-corrected chi connectivity index (χ1v) is 15.2. The van der Waals surface area contributed by atoms with E-state index in [1.165, 1.54) is 12.1 Å². The molecular formula is C35H46F3N5O. The lowest BCUT2D eigenvalue weighted by Crippen LogP contribution is -2.20. The van der Waals surface area contributed by atoms with Crippen LogP contribution in [-0.4, -0.2) is 21.1 Å². The van der Waals surface area contributed by atoms with E-state index in [9.17, 15) is 18.0 Å². The molecule has 2 aromatic heterocycles. The number of nitrogens with one attached hydrogen (secondary N) is 1. The molecule has 9 heteroatoms. The minimum absolute atomic E-state index is 0.0203. The Morgan fingerprint density at radius 1 is 0.955 bits per heavy atom. The molecule has 2 heterocycles. The Morgan fingerprint density at radius 2 is 1.57 bits per heavy atom. The molecular weight excluding hydrogens is 563 g/mol. The van der Waals surface area contributed by atoms with Crippen molar-refractivity contribution in [1.29, 1.82) is 0 Å². The van der Waals surface area contributed by atoms with Gasteiger partial charge in [-0.1, -0.05) is 59.7 Å². The fourth-order valence-corrected chi connectivity index (χ4v) is 5.10. The number of halogens is 3. The van der Waals surface area contributed by atoms with E-state index in [0.29, 0.717) is 18.6 Å². The van der Waals surface area contributed by atoms with Gasteiger partial charge in [0.25, 0.3) is 0 Å². The smallest absolute Gasteiger partial charge is 0.343 e. The largest absolute Gasteiger partial charge is 0.416 e. The fraction of sp³-hybridized carbons (Fsp3) is 0.486. The summed E-state index contributed by atoms with van der Waals surface area (Å²) in [7, 11) is 0. The van der Waals surface area contributed by atoms with Crippen molar-refractivity contribution >= 4 is 11.0 Å². The van der Waals surface area contributed by atoms with Crippen molar-refractivity contribution in [2.75, 3.05) is 6.54 Å². The van der Waals surface area contributed by atoms with Crippen LogP contribution in [0.4, 0.5) is 13.2 Å². The molecule has 0 bridgehead atoms. The molecule has 6 nitrogen and oxygen atoms in total. The van der Waals surface area contributed by atoms with Gasteiger partial charge in [-0.05, 0) is 97.0 Å². The van der Waals surface area contributed by atoms with E-state index in [1.807, 2.05) is 64.2 Å². The van der Waals surface area contributed by atoms with E-state index in [-0.39, 0.29) is 28.0 Å². The van der Waals surface area contributed by atoms with Crippen LogP contribution in [0, 0.1) is 5.41 Å². The molecule has 5 rings (SSSR count). The molecule has 0 aliphatic heterocycles. The molecule has 5 N–H and O–H groups in total. The van der Waals surface area contributed by atoms with Crippen molar-refractivity contribution in [2.45, 2.75) is 97.2 Å².